The highest BCUT2D eigenvalue weighted by Gasteiger charge is 2.45. The lowest BCUT2D eigenvalue weighted by molar-refractivity contribution is -0.294. The highest BCUT2D eigenvalue weighted by Crippen LogP contribution is 2.30. The topological polar surface area (TPSA) is 149 Å². The minimum atomic E-state index is -1.51. The molecule has 1 saturated heterocycles. The Hall–Kier alpha value is -0.460. The van der Waals surface area contributed by atoms with E-state index in [1.54, 1.807) is 11.8 Å². The van der Waals surface area contributed by atoms with Crippen molar-refractivity contribution in [2.75, 3.05) is 12.4 Å². The van der Waals surface area contributed by atoms with Gasteiger partial charge in [0.2, 0.25) is 5.91 Å². The Morgan fingerprint density at radius 3 is 1.28 bits per heavy atom. The van der Waals surface area contributed by atoms with E-state index in [2.05, 4.69) is 19.2 Å². The van der Waals surface area contributed by atoms with Gasteiger partial charge in [0.1, 0.15) is 24.4 Å². The first kappa shape index (κ1) is 61.6. The second kappa shape index (κ2) is 41.5. The van der Waals surface area contributed by atoms with E-state index in [0.717, 1.165) is 38.5 Å². The first-order valence-electron chi connectivity index (χ1n) is 27.5. The van der Waals surface area contributed by atoms with Crippen molar-refractivity contribution in [3.8, 4) is 0 Å². The first-order valence-corrected chi connectivity index (χ1v) is 28.5. The Morgan fingerprint density at radius 1 is 0.547 bits per heavy atom. The van der Waals surface area contributed by atoms with Gasteiger partial charge in [0, 0.05) is 16.9 Å². The standard InChI is InChI=1S/C54H107NO8S/c1-6-8-10-12-14-16-18-20-21-22-23-24-25-26-27-28-29-30-32-34-36-38-40-42-48(57)55-45(43-62-53-52(61)51(60)50(59)47(63-53)44-64-54(3,4)5)49(58)46(56)41-39-37-35-33-31-19-17-15-13-11-9-7-2/h45-47,49-53,56,58-61H,6-44H2,1-5H3,(H,55,57)/t45-,46+,47+,49-,50-,51-,52+,53-/m0/s1. The Balaban J connectivity index is 2.38. The Kier molecular flexibility index (Phi) is 39.9. The van der Waals surface area contributed by atoms with Crippen LogP contribution in [0.2, 0.25) is 0 Å². The maximum atomic E-state index is 13.2. The molecule has 0 saturated carbocycles. The van der Waals surface area contributed by atoms with Crippen LogP contribution in [0.5, 0.6) is 0 Å². The van der Waals surface area contributed by atoms with Gasteiger partial charge in [0.15, 0.2) is 6.29 Å². The number of ether oxygens (including phenoxy) is 2. The van der Waals surface area contributed by atoms with Crippen molar-refractivity contribution in [1.29, 1.82) is 0 Å². The summed E-state index contributed by atoms with van der Waals surface area (Å²) < 4.78 is 11.8. The summed E-state index contributed by atoms with van der Waals surface area (Å²) in [5, 5.41) is 57.3. The summed E-state index contributed by atoms with van der Waals surface area (Å²) in [6, 6.07) is -0.938. The molecule has 0 aliphatic carbocycles. The summed E-state index contributed by atoms with van der Waals surface area (Å²) >= 11 is 1.57. The van der Waals surface area contributed by atoms with Crippen LogP contribution in [0.15, 0.2) is 0 Å². The summed E-state index contributed by atoms with van der Waals surface area (Å²) in [7, 11) is 0. The Morgan fingerprint density at radius 2 is 0.906 bits per heavy atom. The van der Waals surface area contributed by atoms with E-state index in [0.29, 0.717) is 18.6 Å². The first-order chi connectivity index (χ1) is 30.9. The number of nitrogens with one attached hydrogen (secondary N) is 1. The number of rotatable bonds is 45. The summed E-state index contributed by atoms with van der Waals surface area (Å²) in [5.74, 6) is 0.169. The largest absolute Gasteiger partial charge is 0.390 e. The zero-order valence-corrected chi connectivity index (χ0v) is 43.4. The quantitative estimate of drug-likeness (QED) is 0.0328. The van der Waals surface area contributed by atoms with Gasteiger partial charge in [-0.25, -0.2) is 0 Å². The molecule has 0 radical (unpaired) electrons. The predicted octanol–water partition coefficient (Wildman–Crippen LogP) is 13.0. The lowest BCUT2D eigenvalue weighted by atomic mass is 9.98. The molecule has 1 aliphatic rings. The average Bonchev–Trinajstić information content (AvgIpc) is 3.27. The molecule has 6 N–H and O–H groups in total. The number of amides is 1. The fraction of sp³-hybridized carbons (Fsp3) is 0.981. The minimum absolute atomic E-state index is 0.103. The van der Waals surface area contributed by atoms with Crippen molar-refractivity contribution < 1.29 is 39.8 Å². The predicted molar refractivity (Wildman–Crippen MR) is 271 cm³/mol. The van der Waals surface area contributed by atoms with Gasteiger partial charge in [0.25, 0.3) is 0 Å². The molecule has 1 amide bonds. The molecule has 1 heterocycles. The number of unbranched alkanes of at least 4 members (excludes halogenated alkanes) is 33. The van der Waals surface area contributed by atoms with E-state index in [4.69, 9.17) is 9.47 Å². The Labute approximate surface area is 399 Å². The lowest BCUT2D eigenvalue weighted by Gasteiger charge is -2.41. The number of thioether (sulfide) groups is 1. The summed E-state index contributed by atoms with van der Waals surface area (Å²) in [6.07, 6.45) is 36.9. The third-order valence-electron chi connectivity index (χ3n) is 13.3. The van der Waals surface area contributed by atoms with Crippen molar-refractivity contribution in [3.05, 3.63) is 0 Å². The molecular weight excluding hydrogens is 823 g/mol. The zero-order valence-electron chi connectivity index (χ0n) is 42.6. The van der Waals surface area contributed by atoms with E-state index < -0.39 is 49.0 Å². The van der Waals surface area contributed by atoms with Gasteiger partial charge in [0.05, 0.1) is 24.9 Å². The van der Waals surface area contributed by atoms with E-state index in [1.807, 2.05) is 20.8 Å². The van der Waals surface area contributed by atoms with Crippen molar-refractivity contribution in [2.24, 2.45) is 0 Å². The number of aliphatic hydroxyl groups is 5. The maximum Gasteiger partial charge on any atom is 0.220 e. The molecule has 0 aromatic heterocycles. The van der Waals surface area contributed by atoms with Crippen LogP contribution in [0.1, 0.15) is 272 Å². The third-order valence-corrected chi connectivity index (χ3v) is 14.7. The SMILES string of the molecule is CCCCCCCCCCCCCCCCCCCCCCCCCC(=O)N[C@@H](CO[C@H]1O[C@H](CSC(C)(C)C)[C@H](O)[C@H](O)[C@H]1O)[C@H](O)[C@H](O)CCCCCCCCCCCCCC. The Bertz CT molecular complexity index is 1030. The van der Waals surface area contributed by atoms with E-state index in [-0.39, 0.29) is 17.3 Å². The van der Waals surface area contributed by atoms with Crippen LogP contribution in [0.4, 0.5) is 0 Å². The van der Waals surface area contributed by atoms with Crippen LogP contribution in [0, 0.1) is 0 Å². The number of aliphatic hydroxyl groups excluding tert-OH is 5. The van der Waals surface area contributed by atoms with Crippen molar-refractivity contribution in [2.45, 2.75) is 326 Å². The number of hydrogen-bond donors (Lipinski definition) is 6. The van der Waals surface area contributed by atoms with Crippen LogP contribution < -0.4 is 5.32 Å². The molecule has 10 heteroatoms. The molecule has 0 aromatic carbocycles. The summed E-state index contributed by atoms with van der Waals surface area (Å²) in [4.78, 5) is 13.2. The van der Waals surface area contributed by atoms with Gasteiger partial charge in [-0.2, -0.15) is 11.8 Å². The van der Waals surface area contributed by atoms with Gasteiger partial charge < -0.3 is 40.3 Å². The molecule has 0 bridgehead atoms. The molecule has 382 valence electrons. The van der Waals surface area contributed by atoms with Crippen LogP contribution in [-0.2, 0) is 14.3 Å². The molecule has 0 aromatic rings. The van der Waals surface area contributed by atoms with Crippen LogP contribution in [0.25, 0.3) is 0 Å². The van der Waals surface area contributed by atoms with E-state index >= 15 is 0 Å². The molecule has 0 spiro atoms. The monoisotopic (exact) mass is 930 g/mol. The van der Waals surface area contributed by atoms with Crippen LogP contribution >= 0.6 is 11.8 Å². The third kappa shape index (κ3) is 33.9. The normalized spacial score (nSPS) is 20.7. The second-order valence-corrected chi connectivity index (χ2v) is 22.6. The fourth-order valence-electron chi connectivity index (χ4n) is 8.93. The highest BCUT2D eigenvalue weighted by molar-refractivity contribution is 8.00. The number of carbonyl (C=O) groups excluding carboxylic acids is 1. The van der Waals surface area contributed by atoms with Crippen molar-refractivity contribution in [1.82, 2.24) is 5.32 Å². The van der Waals surface area contributed by atoms with Gasteiger partial charge in [-0.1, -0.05) is 253 Å². The molecule has 1 rings (SSSR count). The number of hydrogen-bond acceptors (Lipinski definition) is 9. The van der Waals surface area contributed by atoms with Gasteiger partial charge in [-0.3, -0.25) is 4.79 Å². The van der Waals surface area contributed by atoms with Gasteiger partial charge in [-0.15, -0.1) is 0 Å². The molecular formula is C54H107NO8S. The molecule has 1 aliphatic heterocycles. The van der Waals surface area contributed by atoms with Gasteiger partial charge in [-0.05, 0) is 12.8 Å². The average molecular weight is 931 g/mol. The van der Waals surface area contributed by atoms with Crippen LogP contribution in [0.3, 0.4) is 0 Å². The molecule has 9 nitrogen and oxygen atoms in total. The number of carbonyl (C=O) groups is 1. The molecule has 8 atom stereocenters. The minimum Gasteiger partial charge on any atom is -0.390 e. The molecule has 64 heavy (non-hydrogen) atoms. The summed E-state index contributed by atoms with van der Waals surface area (Å²) in [5.41, 5.74) is 0. The zero-order chi connectivity index (χ0) is 47.1. The maximum absolute atomic E-state index is 13.2. The molecule has 1 fully saturated rings. The van der Waals surface area contributed by atoms with Crippen molar-refractivity contribution >= 4 is 17.7 Å². The smallest absolute Gasteiger partial charge is 0.220 e. The second-order valence-electron chi connectivity index (χ2n) is 20.7. The van der Waals surface area contributed by atoms with Crippen molar-refractivity contribution in [3.63, 3.8) is 0 Å². The molecule has 0 unspecified atom stereocenters. The van der Waals surface area contributed by atoms with E-state index in [9.17, 15) is 30.3 Å². The lowest BCUT2D eigenvalue weighted by Crippen LogP contribution is -2.60. The summed E-state index contributed by atoms with van der Waals surface area (Å²) in [6.45, 7) is 10.4. The van der Waals surface area contributed by atoms with Crippen LogP contribution in [-0.4, -0.2) is 97.5 Å². The fourth-order valence-corrected chi connectivity index (χ4v) is 9.87. The van der Waals surface area contributed by atoms with E-state index in [1.165, 1.54) is 186 Å². The highest BCUT2D eigenvalue weighted by atomic mass is 32.2. The van der Waals surface area contributed by atoms with Gasteiger partial charge >= 0.3 is 0 Å².